The molecule has 0 aliphatic heterocycles. The molecular weight excluding hydrogens is 442 g/mol. The third-order valence-corrected chi connectivity index (χ3v) is 6.06. The van der Waals surface area contributed by atoms with Crippen molar-refractivity contribution in [1.82, 2.24) is 8.96 Å². The summed E-state index contributed by atoms with van der Waals surface area (Å²) in [5.74, 6) is -0.683. The zero-order chi connectivity index (χ0) is 16.1. The maximum absolute atomic E-state index is 13.5. The normalized spacial score (nSPS) is 12.0. The third kappa shape index (κ3) is 2.40. The minimum Gasteiger partial charge on any atom is -0.234 e. The lowest BCUT2D eigenvalue weighted by molar-refractivity contribution is 0.588. The second-order valence-corrected chi connectivity index (χ2v) is 8.06. The summed E-state index contributed by atoms with van der Waals surface area (Å²) in [7, 11) is -3.82. The van der Waals surface area contributed by atoms with E-state index >= 15 is 0 Å². The number of nitrogens with zero attached hydrogens (tertiary/aromatic N) is 2. The number of halogens is 3. The SMILES string of the molecule is Cc1ccc(S(=O)(=O)n2cc(I)c3c(Cl)c(F)cnc32)cc1. The molecule has 0 saturated carbocycles. The number of hydrogen-bond acceptors (Lipinski definition) is 3. The van der Waals surface area contributed by atoms with Crippen molar-refractivity contribution in [2.24, 2.45) is 0 Å². The first-order valence-corrected chi connectivity index (χ1v) is 9.05. The summed E-state index contributed by atoms with van der Waals surface area (Å²) in [6, 6.07) is 6.47. The molecular formula is C14H9ClFIN2O2S. The second-order valence-electron chi connectivity index (χ2n) is 4.71. The van der Waals surface area contributed by atoms with E-state index in [2.05, 4.69) is 4.98 Å². The fourth-order valence-electron chi connectivity index (χ4n) is 2.07. The molecule has 2 heterocycles. The average molecular weight is 451 g/mol. The van der Waals surface area contributed by atoms with Crippen LogP contribution in [0.1, 0.15) is 5.56 Å². The highest BCUT2D eigenvalue weighted by Gasteiger charge is 2.23. The van der Waals surface area contributed by atoms with Gasteiger partial charge in [-0.2, -0.15) is 0 Å². The molecule has 0 aliphatic rings. The van der Waals surface area contributed by atoms with Gasteiger partial charge in [-0.3, -0.25) is 0 Å². The van der Waals surface area contributed by atoms with Gasteiger partial charge in [0.25, 0.3) is 10.0 Å². The Balaban J connectivity index is 2.31. The molecule has 1 aromatic carbocycles. The quantitative estimate of drug-likeness (QED) is 0.555. The summed E-state index contributed by atoms with van der Waals surface area (Å²) in [5, 5.41) is 0.158. The summed E-state index contributed by atoms with van der Waals surface area (Å²) < 4.78 is 40.6. The molecule has 0 atom stereocenters. The van der Waals surface area contributed by atoms with Crippen LogP contribution in [0.5, 0.6) is 0 Å². The van der Waals surface area contributed by atoms with Crippen LogP contribution in [0, 0.1) is 16.3 Å². The Bertz CT molecular complexity index is 984. The van der Waals surface area contributed by atoms with Crippen LogP contribution >= 0.6 is 34.2 Å². The predicted octanol–water partition coefficient (Wildman–Crippen LogP) is 3.98. The number of hydrogen-bond donors (Lipinski definition) is 0. The van der Waals surface area contributed by atoms with Crippen LogP contribution in [0.3, 0.4) is 0 Å². The first-order chi connectivity index (χ1) is 10.3. The van der Waals surface area contributed by atoms with Crippen LogP contribution in [0.2, 0.25) is 5.02 Å². The topological polar surface area (TPSA) is 52.0 Å². The van der Waals surface area contributed by atoms with Crippen molar-refractivity contribution in [3.63, 3.8) is 0 Å². The van der Waals surface area contributed by atoms with Crippen molar-refractivity contribution in [2.45, 2.75) is 11.8 Å². The van der Waals surface area contributed by atoms with E-state index in [0.29, 0.717) is 3.57 Å². The lowest BCUT2D eigenvalue weighted by Gasteiger charge is -2.07. The van der Waals surface area contributed by atoms with E-state index in [4.69, 9.17) is 11.6 Å². The Morgan fingerprint density at radius 1 is 1.27 bits per heavy atom. The van der Waals surface area contributed by atoms with Crippen molar-refractivity contribution in [2.75, 3.05) is 0 Å². The Morgan fingerprint density at radius 3 is 2.55 bits per heavy atom. The van der Waals surface area contributed by atoms with E-state index in [-0.39, 0.29) is 21.0 Å². The highest BCUT2D eigenvalue weighted by molar-refractivity contribution is 14.1. The average Bonchev–Trinajstić information content (AvgIpc) is 2.82. The van der Waals surface area contributed by atoms with Crippen molar-refractivity contribution in [3.8, 4) is 0 Å². The van der Waals surface area contributed by atoms with E-state index in [1.54, 1.807) is 12.1 Å². The van der Waals surface area contributed by atoms with E-state index in [9.17, 15) is 12.8 Å². The summed E-state index contributed by atoms with van der Waals surface area (Å²) in [5.41, 5.74) is 1.06. The first-order valence-electron chi connectivity index (χ1n) is 6.15. The van der Waals surface area contributed by atoms with Gasteiger partial charge in [-0.25, -0.2) is 21.8 Å². The standard InChI is InChI=1S/C14H9ClFIN2O2S/c1-8-2-4-9(5-3-8)22(20,21)19-7-11(17)12-13(15)10(16)6-18-14(12)19/h2-7H,1H3. The summed E-state index contributed by atoms with van der Waals surface area (Å²) in [4.78, 5) is 4.02. The molecule has 0 radical (unpaired) electrons. The van der Waals surface area contributed by atoms with Gasteiger partial charge in [0.1, 0.15) is 0 Å². The maximum Gasteiger partial charge on any atom is 0.269 e. The van der Waals surface area contributed by atoms with Gasteiger partial charge in [-0.15, -0.1) is 0 Å². The molecule has 8 heteroatoms. The van der Waals surface area contributed by atoms with E-state index < -0.39 is 15.8 Å². The molecule has 0 bridgehead atoms. The Hall–Kier alpha value is -1.19. The van der Waals surface area contributed by atoms with Crippen molar-refractivity contribution in [1.29, 1.82) is 0 Å². The zero-order valence-electron chi connectivity index (χ0n) is 11.2. The Morgan fingerprint density at radius 2 is 1.91 bits per heavy atom. The monoisotopic (exact) mass is 450 g/mol. The Labute approximate surface area is 145 Å². The molecule has 22 heavy (non-hydrogen) atoms. The minimum absolute atomic E-state index is 0.108. The smallest absolute Gasteiger partial charge is 0.234 e. The van der Waals surface area contributed by atoms with Crippen LogP contribution in [-0.4, -0.2) is 17.4 Å². The molecule has 0 unspecified atom stereocenters. The van der Waals surface area contributed by atoms with Gasteiger partial charge in [0.2, 0.25) is 0 Å². The predicted molar refractivity (Wildman–Crippen MR) is 91.2 cm³/mol. The van der Waals surface area contributed by atoms with E-state index in [0.717, 1.165) is 15.7 Å². The summed E-state index contributed by atoms with van der Waals surface area (Å²) in [6.45, 7) is 1.87. The largest absolute Gasteiger partial charge is 0.269 e. The van der Waals surface area contributed by atoms with Crippen LogP contribution in [-0.2, 0) is 10.0 Å². The molecule has 4 nitrogen and oxygen atoms in total. The number of benzene rings is 1. The number of aromatic nitrogens is 2. The molecule has 0 saturated heterocycles. The summed E-state index contributed by atoms with van der Waals surface area (Å²) >= 11 is 7.84. The van der Waals surface area contributed by atoms with Crippen LogP contribution < -0.4 is 0 Å². The van der Waals surface area contributed by atoms with Crippen molar-refractivity contribution in [3.05, 3.63) is 56.6 Å². The Kier molecular flexibility index (Phi) is 3.90. The van der Waals surface area contributed by atoms with Gasteiger partial charge in [0.05, 0.1) is 21.5 Å². The van der Waals surface area contributed by atoms with Crippen LogP contribution in [0.15, 0.2) is 41.6 Å². The number of fused-ring (bicyclic) bond motifs is 1. The van der Waals surface area contributed by atoms with Gasteiger partial charge in [0.15, 0.2) is 11.5 Å². The molecule has 0 amide bonds. The third-order valence-electron chi connectivity index (χ3n) is 3.21. The van der Waals surface area contributed by atoms with Gasteiger partial charge >= 0.3 is 0 Å². The lowest BCUT2D eigenvalue weighted by Crippen LogP contribution is -2.12. The number of aryl methyl sites for hydroxylation is 1. The van der Waals surface area contributed by atoms with Crippen LogP contribution in [0.4, 0.5) is 4.39 Å². The fourth-order valence-corrected chi connectivity index (χ4v) is 4.76. The zero-order valence-corrected chi connectivity index (χ0v) is 14.9. The van der Waals surface area contributed by atoms with Crippen molar-refractivity contribution < 1.29 is 12.8 Å². The number of pyridine rings is 1. The van der Waals surface area contributed by atoms with Crippen LogP contribution in [0.25, 0.3) is 11.0 Å². The van der Waals surface area contributed by atoms with Gasteiger partial charge in [-0.05, 0) is 41.6 Å². The molecule has 3 aromatic rings. The molecule has 0 N–H and O–H groups in total. The fraction of sp³-hybridized carbons (Fsp3) is 0.0714. The number of rotatable bonds is 2. The van der Waals surface area contributed by atoms with Gasteiger partial charge < -0.3 is 0 Å². The molecule has 114 valence electrons. The first kappa shape index (κ1) is 15.7. The van der Waals surface area contributed by atoms with Gasteiger partial charge in [0, 0.05) is 9.77 Å². The molecule has 0 spiro atoms. The highest BCUT2D eigenvalue weighted by Crippen LogP contribution is 2.32. The molecule has 2 aromatic heterocycles. The van der Waals surface area contributed by atoms with E-state index in [1.165, 1.54) is 18.3 Å². The highest BCUT2D eigenvalue weighted by atomic mass is 127. The second kappa shape index (κ2) is 5.47. The molecule has 0 fully saturated rings. The lowest BCUT2D eigenvalue weighted by atomic mass is 10.2. The summed E-state index contributed by atoms with van der Waals surface area (Å²) in [6.07, 6.45) is 2.31. The molecule has 0 aliphatic carbocycles. The maximum atomic E-state index is 13.5. The van der Waals surface area contributed by atoms with Crippen molar-refractivity contribution >= 4 is 55.2 Å². The van der Waals surface area contributed by atoms with E-state index in [1.807, 2.05) is 29.5 Å². The minimum atomic E-state index is -3.82. The van der Waals surface area contributed by atoms with Gasteiger partial charge in [-0.1, -0.05) is 29.3 Å². The molecule has 3 rings (SSSR count).